The maximum atomic E-state index is 11.7. The summed E-state index contributed by atoms with van der Waals surface area (Å²) in [6.07, 6.45) is 0. The summed E-state index contributed by atoms with van der Waals surface area (Å²) < 4.78 is 0. The molecule has 21 heavy (non-hydrogen) atoms. The molecule has 2 rings (SSSR count). The third-order valence-electron chi connectivity index (χ3n) is 3.29. The SMILES string of the molecule is CC(Nc1cccc(Cl)c1C#N)(C(=O)O)c1ccccc1. The van der Waals surface area contributed by atoms with Crippen molar-refractivity contribution in [3.05, 3.63) is 64.7 Å². The molecule has 0 amide bonds. The molecule has 0 aliphatic heterocycles. The van der Waals surface area contributed by atoms with Crippen LogP contribution in [-0.2, 0) is 10.3 Å². The second-order valence-electron chi connectivity index (χ2n) is 4.70. The highest BCUT2D eigenvalue weighted by Crippen LogP contribution is 2.31. The number of rotatable bonds is 4. The van der Waals surface area contributed by atoms with Crippen LogP contribution < -0.4 is 5.32 Å². The number of anilines is 1. The molecule has 0 saturated heterocycles. The molecular weight excluding hydrogens is 288 g/mol. The van der Waals surface area contributed by atoms with E-state index < -0.39 is 11.5 Å². The van der Waals surface area contributed by atoms with Crippen molar-refractivity contribution in [3.8, 4) is 6.07 Å². The summed E-state index contributed by atoms with van der Waals surface area (Å²) in [7, 11) is 0. The Balaban J connectivity index is 2.51. The lowest BCUT2D eigenvalue weighted by Crippen LogP contribution is -2.40. The van der Waals surface area contributed by atoms with Crippen molar-refractivity contribution in [3.63, 3.8) is 0 Å². The van der Waals surface area contributed by atoms with Crippen LogP contribution >= 0.6 is 11.6 Å². The van der Waals surface area contributed by atoms with Crippen molar-refractivity contribution in [1.82, 2.24) is 0 Å². The Morgan fingerprint density at radius 2 is 1.90 bits per heavy atom. The van der Waals surface area contributed by atoms with Crippen LogP contribution in [0.2, 0.25) is 5.02 Å². The van der Waals surface area contributed by atoms with Gasteiger partial charge in [0.15, 0.2) is 5.54 Å². The number of halogens is 1. The van der Waals surface area contributed by atoms with Gasteiger partial charge in [-0.25, -0.2) is 4.79 Å². The molecular formula is C16H13ClN2O2. The topological polar surface area (TPSA) is 73.1 Å². The van der Waals surface area contributed by atoms with Gasteiger partial charge in [0.1, 0.15) is 6.07 Å². The molecule has 0 aromatic heterocycles. The molecule has 2 aromatic carbocycles. The zero-order valence-corrected chi connectivity index (χ0v) is 12.1. The summed E-state index contributed by atoms with van der Waals surface area (Å²) in [5, 5.41) is 22.0. The minimum absolute atomic E-state index is 0.225. The molecule has 4 nitrogen and oxygen atoms in total. The molecule has 5 heteroatoms. The Hall–Kier alpha value is -2.51. The quantitative estimate of drug-likeness (QED) is 0.904. The largest absolute Gasteiger partial charge is 0.479 e. The number of carboxylic acids is 1. The molecule has 0 fully saturated rings. The van der Waals surface area contributed by atoms with Gasteiger partial charge in [0.2, 0.25) is 0 Å². The Kier molecular flexibility index (Phi) is 4.15. The third kappa shape index (κ3) is 2.83. The first kappa shape index (κ1) is 14.9. The van der Waals surface area contributed by atoms with Gasteiger partial charge in [-0.3, -0.25) is 0 Å². The molecule has 2 N–H and O–H groups in total. The molecule has 2 aromatic rings. The highest BCUT2D eigenvalue weighted by molar-refractivity contribution is 6.32. The van der Waals surface area contributed by atoms with Crippen molar-refractivity contribution in [1.29, 1.82) is 5.26 Å². The summed E-state index contributed by atoms with van der Waals surface area (Å²) in [5.74, 6) is -1.04. The van der Waals surface area contributed by atoms with E-state index in [1.807, 2.05) is 12.1 Å². The predicted octanol–water partition coefficient (Wildman–Crippen LogP) is 3.62. The summed E-state index contributed by atoms with van der Waals surface area (Å²) in [6.45, 7) is 1.55. The highest BCUT2D eigenvalue weighted by atomic mass is 35.5. The molecule has 0 aliphatic rings. The second kappa shape index (κ2) is 5.86. The summed E-state index contributed by atoms with van der Waals surface area (Å²) in [4.78, 5) is 11.7. The van der Waals surface area contributed by atoms with Gasteiger partial charge in [-0.1, -0.05) is 48.0 Å². The number of nitrogens with zero attached hydrogens (tertiary/aromatic N) is 1. The van der Waals surface area contributed by atoms with Crippen molar-refractivity contribution in [2.45, 2.75) is 12.5 Å². The van der Waals surface area contributed by atoms with Gasteiger partial charge in [-0.05, 0) is 24.6 Å². The minimum atomic E-state index is -1.36. The van der Waals surface area contributed by atoms with E-state index in [2.05, 4.69) is 5.32 Å². The van der Waals surface area contributed by atoms with E-state index in [4.69, 9.17) is 11.6 Å². The van der Waals surface area contributed by atoms with Gasteiger partial charge < -0.3 is 10.4 Å². The van der Waals surface area contributed by atoms with Crippen LogP contribution in [0.1, 0.15) is 18.1 Å². The van der Waals surface area contributed by atoms with Crippen molar-refractivity contribution >= 4 is 23.3 Å². The Morgan fingerprint density at radius 3 is 2.48 bits per heavy atom. The van der Waals surface area contributed by atoms with E-state index in [1.54, 1.807) is 49.4 Å². The van der Waals surface area contributed by atoms with Gasteiger partial charge in [0.25, 0.3) is 0 Å². The smallest absolute Gasteiger partial charge is 0.333 e. The number of carbonyl (C=O) groups is 1. The lowest BCUT2D eigenvalue weighted by atomic mass is 9.91. The van der Waals surface area contributed by atoms with Crippen molar-refractivity contribution in [2.75, 3.05) is 5.32 Å². The van der Waals surface area contributed by atoms with Crippen LogP contribution in [-0.4, -0.2) is 11.1 Å². The number of nitrogens with one attached hydrogen (secondary N) is 1. The summed E-state index contributed by atoms with van der Waals surface area (Å²) in [6, 6.07) is 15.7. The second-order valence-corrected chi connectivity index (χ2v) is 5.10. The average Bonchev–Trinajstić information content (AvgIpc) is 2.48. The van der Waals surface area contributed by atoms with E-state index in [0.29, 0.717) is 11.3 Å². The maximum Gasteiger partial charge on any atom is 0.333 e. The van der Waals surface area contributed by atoms with Crippen LogP contribution in [0.15, 0.2) is 48.5 Å². The van der Waals surface area contributed by atoms with E-state index in [9.17, 15) is 15.2 Å². The fourth-order valence-corrected chi connectivity index (χ4v) is 2.25. The fourth-order valence-electron chi connectivity index (χ4n) is 2.03. The van der Waals surface area contributed by atoms with Crippen molar-refractivity contribution in [2.24, 2.45) is 0 Å². The zero-order chi connectivity index (χ0) is 15.5. The monoisotopic (exact) mass is 300 g/mol. The first-order valence-electron chi connectivity index (χ1n) is 6.25. The zero-order valence-electron chi connectivity index (χ0n) is 11.3. The van der Waals surface area contributed by atoms with Crippen LogP contribution in [0.4, 0.5) is 5.69 Å². The maximum absolute atomic E-state index is 11.7. The van der Waals surface area contributed by atoms with E-state index in [-0.39, 0.29) is 10.6 Å². The molecule has 0 radical (unpaired) electrons. The lowest BCUT2D eigenvalue weighted by molar-refractivity contribution is -0.142. The summed E-state index contributed by atoms with van der Waals surface area (Å²) in [5.41, 5.74) is -0.167. The average molecular weight is 301 g/mol. The van der Waals surface area contributed by atoms with E-state index in [0.717, 1.165) is 0 Å². The van der Waals surface area contributed by atoms with Crippen LogP contribution in [0.3, 0.4) is 0 Å². The Morgan fingerprint density at radius 1 is 1.24 bits per heavy atom. The number of benzene rings is 2. The number of hydrogen-bond acceptors (Lipinski definition) is 3. The third-order valence-corrected chi connectivity index (χ3v) is 3.60. The number of hydrogen-bond donors (Lipinski definition) is 2. The standard InChI is InChI=1S/C16H13ClN2O2/c1-16(15(20)21,11-6-3-2-4-7-11)19-14-9-5-8-13(17)12(14)10-18/h2-9,19H,1H3,(H,20,21). The molecule has 0 bridgehead atoms. The first-order valence-corrected chi connectivity index (χ1v) is 6.62. The van der Waals surface area contributed by atoms with E-state index in [1.165, 1.54) is 0 Å². The van der Waals surface area contributed by atoms with Gasteiger partial charge in [-0.2, -0.15) is 5.26 Å². The normalized spacial score (nSPS) is 13.0. The fraction of sp³-hybridized carbons (Fsp3) is 0.125. The Bertz CT molecular complexity index is 710. The van der Waals surface area contributed by atoms with Crippen molar-refractivity contribution < 1.29 is 9.90 Å². The van der Waals surface area contributed by atoms with Gasteiger partial charge in [-0.15, -0.1) is 0 Å². The lowest BCUT2D eigenvalue weighted by Gasteiger charge is -2.28. The molecule has 1 atom stereocenters. The van der Waals surface area contributed by atoms with Gasteiger partial charge in [0, 0.05) is 0 Å². The predicted molar refractivity (Wildman–Crippen MR) is 81.2 cm³/mol. The molecule has 0 heterocycles. The van der Waals surface area contributed by atoms with Gasteiger partial charge >= 0.3 is 5.97 Å². The van der Waals surface area contributed by atoms with Crippen LogP contribution in [0.25, 0.3) is 0 Å². The number of carboxylic acid groups (broad SMARTS) is 1. The molecule has 1 unspecified atom stereocenters. The minimum Gasteiger partial charge on any atom is -0.479 e. The Labute approximate surface area is 127 Å². The highest BCUT2D eigenvalue weighted by Gasteiger charge is 2.35. The van der Waals surface area contributed by atoms with Crippen LogP contribution in [0, 0.1) is 11.3 Å². The number of aliphatic carboxylic acids is 1. The molecule has 106 valence electrons. The molecule has 0 spiro atoms. The van der Waals surface area contributed by atoms with Crippen LogP contribution in [0.5, 0.6) is 0 Å². The molecule has 0 saturated carbocycles. The summed E-state index contributed by atoms with van der Waals surface area (Å²) >= 11 is 5.97. The number of nitriles is 1. The first-order chi connectivity index (χ1) is 9.99. The van der Waals surface area contributed by atoms with E-state index >= 15 is 0 Å². The molecule has 0 aliphatic carbocycles. The van der Waals surface area contributed by atoms with Gasteiger partial charge in [0.05, 0.1) is 16.3 Å².